The van der Waals surface area contributed by atoms with Gasteiger partial charge in [0.2, 0.25) is 0 Å². The zero-order chi connectivity index (χ0) is 15.2. The third kappa shape index (κ3) is 2.25. The summed E-state index contributed by atoms with van der Waals surface area (Å²) in [6, 6.07) is 10.00. The van der Waals surface area contributed by atoms with E-state index in [0.717, 1.165) is 28.0 Å². The van der Waals surface area contributed by atoms with Crippen molar-refractivity contribution in [2.45, 2.75) is 26.2 Å². The van der Waals surface area contributed by atoms with Crippen LogP contribution in [0.25, 0.3) is 16.8 Å². The highest BCUT2D eigenvalue weighted by atomic mass is 16.4. The molecule has 3 rings (SSSR count). The largest absolute Gasteiger partial charge is 0.478 e. The average Bonchev–Trinajstić information content (AvgIpc) is 2.72. The minimum atomic E-state index is -0.936. The normalized spacial score (nSPS) is 14.9. The number of carbonyl (C=O) groups is 1. The summed E-state index contributed by atoms with van der Waals surface area (Å²) < 4.78 is 0. The molecule has 0 unspecified atom stereocenters. The first-order valence-corrected chi connectivity index (χ1v) is 6.93. The fraction of sp³-hybridized carbons (Fsp3) is 0.222. The number of benzene rings is 1. The Kier molecular flexibility index (Phi) is 2.94. The molecule has 1 aliphatic rings. The second kappa shape index (κ2) is 4.55. The third-order valence-corrected chi connectivity index (χ3v) is 3.80. The van der Waals surface area contributed by atoms with Gasteiger partial charge in [-0.2, -0.15) is 0 Å². The van der Waals surface area contributed by atoms with Gasteiger partial charge in [-0.05, 0) is 34.2 Å². The second-order valence-corrected chi connectivity index (χ2v) is 6.31. The lowest BCUT2D eigenvalue weighted by molar-refractivity contribution is -0.131. The van der Waals surface area contributed by atoms with Crippen molar-refractivity contribution in [3.8, 4) is 11.3 Å². The summed E-state index contributed by atoms with van der Waals surface area (Å²) in [5.74, 6) is -0.936. The Morgan fingerprint density at radius 2 is 1.90 bits per heavy atom. The second-order valence-electron chi connectivity index (χ2n) is 6.31. The highest BCUT2D eigenvalue weighted by molar-refractivity contribution is 6.05. The highest BCUT2D eigenvalue weighted by Crippen LogP contribution is 2.44. The van der Waals surface area contributed by atoms with Crippen LogP contribution in [0.5, 0.6) is 0 Å². The quantitative estimate of drug-likeness (QED) is 0.688. The van der Waals surface area contributed by atoms with E-state index < -0.39 is 5.97 Å². The van der Waals surface area contributed by atoms with E-state index in [-0.39, 0.29) is 5.41 Å². The zero-order valence-corrected chi connectivity index (χ0v) is 12.3. The minimum absolute atomic E-state index is 0.0194. The van der Waals surface area contributed by atoms with Crippen LogP contribution in [0.15, 0.2) is 42.6 Å². The molecule has 106 valence electrons. The minimum Gasteiger partial charge on any atom is -0.478 e. The van der Waals surface area contributed by atoms with E-state index in [4.69, 9.17) is 5.11 Å². The van der Waals surface area contributed by atoms with E-state index >= 15 is 0 Å². The molecule has 2 aromatic rings. The topological polar surface area (TPSA) is 50.2 Å². The molecule has 3 heteroatoms. The number of fused-ring (bicyclic) bond motifs is 3. The molecule has 1 aliphatic carbocycles. The summed E-state index contributed by atoms with van der Waals surface area (Å²) in [4.78, 5) is 15.6. The van der Waals surface area contributed by atoms with E-state index in [2.05, 4.69) is 37.9 Å². The van der Waals surface area contributed by atoms with Gasteiger partial charge in [-0.1, -0.05) is 39.0 Å². The molecular formula is C18H17NO2. The summed E-state index contributed by atoms with van der Waals surface area (Å²) in [6.45, 7) is 6.45. The van der Waals surface area contributed by atoms with Crippen molar-refractivity contribution in [3.63, 3.8) is 0 Å². The van der Waals surface area contributed by atoms with E-state index in [0.29, 0.717) is 0 Å². The number of hydrogen-bond acceptors (Lipinski definition) is 2. The van der Waals surface area contributed by atoms with Crippen molar-refractivity contribution in [1.82, 2.24) is 4.98 Å². The van der Waals surface area contributed by atoms with Crippen LogP contribution in [0.4, 0.5) is 0 Å². The molecule has 1 heterocycles. The molecule has 0 spiro atoms. The van der Waals surface area contributed by atoms with E-state index in [1.165, 1.54) is 11.6 Å². The monoisotopic (exact) mass is 279 g/mol. The summed E-state index contributed by atoms with van der Waals surface area (Å²) in [7, 11) is 0. The molecule has 0 bridgehead atoms. The molecule has 3 nitrogen and oxygen atoms in total. The SMILES string of the molecule is CC(C)(C)c1ccc2c(c1)/C(=C/C(=O)O)c1cccnc1-2. The Morgan fingerprint density at radius 3 is 2.57 bits per heavy atom. The van der Waals surface area contributed by atoms with Crippen LogP contribution in [-0.2, 0) is 10.2 Å². The van der Waals surface area contributed by atoms with Crippen LogP contribution in [-0.4, -0.2) is 16.1 Å². The van der Waals surface area contributed by atoms with Crippen molar-refractivity contribution in [2.75, 3.05) is 0 Å². The van der Waals surface area contributed by atoms with Gasteiger partial charge in [-0.15, -0.1) is 0 Å². The van der Waals surface area contributed by atoms with Crippen LogP contribution in [0.2, 0.25) is 0 Å². The van der Waals surface area contributed by atoms with Crippen LogP contribution in [0.3, 0.4) is 0 Å². The average molecular weight is 279 g/mol. The van der Waals surface area contributed by atoms with E-state index in [1.807, 2.05) is 18.2 Å². The lowest BCUT2D eigenvalue weighted by atomic mass is 9.85. The van der Waals surface area contributed by atoms with Crippen LogP contribution in [0, 0.1) is 0 Å². The summed E-state index contributed by atoms with van der Waals surface area (Å²) >= 11 is 0. The Morgan fingerprint density at radius 1 is 1.14 bits per heavy atom. The predicted molar refractivity (Wildman–Crippen MR) is 83.1 cm³/mol. The number of aliphatic carboxylic acids is 1. The Balaban J connectivity index is 2.28. The maximum Gasteiger partial charge on any atom is 0.328 e. The fourth-order valence-electron chi connectivity index (χ4n) is 2.70. The lowest BCUT2D eigenvalue weighted by Gasteiger charge is -2.20. The smallest absolute Gasteiger partial charge is 0.328 e. The summed E-state index contributed by atoms with van der Waals surface area (Å²) in [5.41, 5.74) is 5.66. The highest BCUT2D eigenvalue weighted by Gasteiger charge is 2.27. The van der Waals surface area contributed by atoms with Crippen LogP contribution in [0.1, 0.15) is 37.5 Å². The first-order valence-electron chi connectivity index (χ1n) is 6.93. The number of hydrogen-bond donors (Lipinski definition) is 1. The van der Waals surface area contributed by atoms with Gasteiger partial charge in [-0.3, -0.25) is 4.98 Å². The van der Waals surface area contributed by atoms with Crippen LogP contribution < -0.4 is 0 Å². The molecule has 1 aromatic carbocycles. The first-order chi connectivity index (χ1) is 9.88. The van der Waals surface area contributed by atoms with Gasteiger partial charge in [0.05, 0.1) is 5.69 Å². The van der Waals surface area contributed by atoms with Gasteiger partial charge in [0.1, 0.15) is 0 Å². The van der Waals surface area contributed by atoms with Gasteiger partial charge in [0, 0.05) is 23.4 Å². The fourth-order valence-corrected chi connectivity index (χ4v) is 2.70. The maximum atomic E-state index is 11.2. The van der Waals surface area contributed by atoms with Gasteiger partial charge in [0.15, 0.2) is 0 Å². The number of carboxylic acid groups (broad SMARTS) is 1. The van der Waals surface area contributed by atoms with Gasteiger partial charge < -0.3 is 5.11 Å². The lowest BCUT2D eigenvalue weighted by Crippen LogP contribution is -2.11. The molecule has 0 atom stereocenters. The molecule has 0 amide bonds. The van der Waals surface area contributed by atoms with Crippen LogP contribution >= 0.6 is 0 Å². The third-order valence-electron chi connectivity index (χ3n) is 3.80. The van der Waals surface area contributed by atoms with Crippen molar-refractivity contribution in [3.05, 3.63) is 59.3 Å². The Labute approximate surface area is 124 Å². The van der Waals surface area contributed by atoms with Crippen molar-refractivity contribution in [2.24, 2.45) is 0 Å². The van der Waals surface area contributed by atoms with E-state index in [1.54, 1.807) is 6.20 Å². The van der Waals surface area contributed by atoms with Gasteiger partial charge in [-0.25, -0.2) is 4.79 Å². The van der Waals surface area contributed by atoms with Crippen molar-refractivity contribution < 1.29 is 9.90 Å². The maximum absolute atomic E-state index is 11.2. The molecule has 1 aromatic heterocycles. The molecule has 0 radical (unpaired) electrons. The number of pyridine rings is 1. The summed E-state index contributed by atoms with van der Waals surface area (Å²) in [5, 5.41) is 9.16. The molecular weight excluding hydrogens is 262 g/mol. The number of carboxylic acids is 1. The predicted octanol–water partition coefficient (Wildman–Crippen LogP) is 3.88. The molecule has 0 aliphatic heterocycles. The standard InChI is InChI=1S/C18H17NO2/c1-18(2,3)11-6-7-13-14(9-11)15(10-16(20)21)12-5-4-8-19-17(12)13/h4-10H,1-3H3,(H,20,21)/b15-10+. The molecule has 21 heavy (non-hydrogen) atoms. The molecule has 0 saturated carbocycles. The zero-order valence-electron chi connectivity index (χ0n) is 12.3. The van der Waals surface area contributed by atoms with Gasteiger partial charge in [0.25, 0.3) is 0 Å². The number of rotatable bonds is 1. The number of aromatic nitrogens is 1. The van der Waals surface area contributed by atoms with Crippen molar-refractivity contribution >= 4 is 11.5 Å². The molecule has 0 saturated heterocycles. The summed E-state index contributed by atoms with van der Waals surface area (Å²) in [6.07, 6.45) is 3.02. The van der Waals surface area contributed by atoms with E-state index in [9.17, 15) is 4.79 Å². The van der Waals surface area contributed by atoms with Crippen molar-refractivity contribution in [1.29, 1.82) is 0 Å². The van der Waals surface area contributed by atoms with Gasteiger partial charge >= 0.3 is 5.97 Å². The first kappa shape index (κ1) is 13.6. The Bertz CT molecular complexity index is 767. The Hall–Kier alpha value is -2.42. The number of nitrogens with zero attached hydrogens (tertiary/aromatic N) is 1. The molecule has 0 fully saturated rings. The molecule has 1 N–H and O–H groups in total.